The molecule has 1 aliphatic rings. The maximum Gasteiger partial charge on any atom is 0.338 e. The van der Waals surface area contributed by atoms with E-state index in [2.05, 4.69) is 23.2 Å². The maximum absolute atomic E-state index is 14.0. The Kier molecular flexibility index (Phi) is 7.07. The molecule has 3 heterocycles. The molecule has 2 aromatic heterocycles. The molecule has 204 valence electrons. The molecule has 0 radical (unpaired) electrons. The number of carbonyl (C=O) groups excluding carboxylic acids is 1. The first kappa shape index (κ1) is 26.4. The first-order valence-corrected chi connectivity index (χ1v) is 14.1. The lowest BCUT2D eigenvalue weighted by Gasteiger charge is -2.24. The summed E-state index contributed by atoms with van der Waals surface area (Å²) in [7, 11) is 1.59. The third kappa shape index (κ3) is 4.87. The monoisotopic (exact) mass is 561 g/mol. The molecule has 0 spiro atoms. The molecule has 0 aliphatic carbocycles. The molecule has 1 aliphatic heterocycles. The van der Waals surface area contributed by atoms with Crippen LogP contribution in [0.2, 0.25) is 0 Å². The maximum atomic E-state index is 14.0. The Hall–Kier alpha value is -4.82. The third-order valence-electron chi connectivity index (χ3n) is 7.05. The summed E-state index contributed by atoms with van der Waals surface area (Å²) in [6.45, 7) is 3.75. The van der Waals surface area contributed by atoms with Gasteiger partial charge in [-0.15, -0.1) is 0 Å². The molecule has 1 atom stereocenters. The smallest absolute Gasteiger partial charge is 0.338 e. The summed E-state index contributed by atoms with van der Waals surface area (Å²) < 4.78 is 12.8. The Morgan fingerprint density at radius 3 is 2.49 bits per heavy atom. The molecule has 5 aromatic rings. The summed E-state index contributed by atoms with van der Waals surface area (Å²) in [5, 5.41) is 1.03. The lowest BCUT2D eigenvalue weighted by Crippen LogP contribution is -2.39. The van der Waals surface area contributed by atoms with Gasteiger partial charge < -0.3 is 9.47 Å². The van der Waals surface area contributed by atoms with Gasteiger partial charge in [-0.05, 0) is 60.9 Å². The fourth-order valence-corrected chi connectivity index (χ4v) is 6.19. The number of benzene rings is 3. The van der Waals surface area contributed by atoms with Crippen molar-refractivity contribution in [1.82, 2.24) is 9.55 Å². The van der Waals surface area contributed by atoms with Crippen molar-refractivity contribution in [2.45, 2.75) is 19.9 Å². The van der Waals surface area contributed by atoms with Crippen molar-refractivity contribution < 1.29 is 14.3 Å². The third-order valence-corrected chi connectivity index (χ3v) is 8.03. The summed E-state index contributed by atoms with van der Waals surface area (Å²) in [6.07, 6.45) is 1.80. The van der Waals surface area contributed by atoms with Crippen LogP contribution in [0.25, 0.3) is 28.1 Å². The fraction of sp³-hybridized carbons (Fsp3) is 0.152. The van der Waals surface area contributed by atoms with E-state index >= 15 is 0 Å². The number of rotatable bonds is 6. The number of hydrogen-bond acceptors (Lipinski definition) is 7. The Morgan fingerprint density at radius 1 is 1.02 bits per heavy atom. The van der Waals surface area contributed by atoms with Crippen molar-refractivity contribution in [2.75, 3.05) is 13.7 Å². The minimum Gasteiger partial charge on any atom is -0.497 e. The van der Waals surface area contributed by atoms with E-state index in [1.54, 1.807) is 31.6 Å². The molecule has 0 fully saturated rings. The van der Waals surface area contributed by atoms with Gasteiger partial charge in [-0.1, -0.05) is 72.0 Å². The van der Waals surface area contributed by atoms with Crippen LogP contribution in [-0.4, -0.2) is 29.2 Å². The van der Waals surface area contributed by atoms with E-state index in [4.69, 9.17) is 14.5 Å². The number of nitrogens with zero attached hydrogens (tertiary/aromatic N) is 3. The molecule has 8 heteroatoms. The molecule has 0 amide bonds. The van der Waals surface area contributed by atoms with E-state index in [0.29, 0.717) is 32.0 Å². The number of aromatic nitrogens is 2. The predicted molar refractivity (Wildman–Crippen MR) is 161 cm³/mol. The molecule has 7 nitrogen and oxygen atoms in total. The molecule has 41 heavy (non-hydrogen) atoms. The van der Waals surface area contributed by atoms with E-state index < -0.39 is 12.0 Å². The van der Waals surface area contributed by atoms with Crippen molar-refractivity contribution in [3.8, 4) is 16.9 Å². The quantitative estimate of drug-likeness (QED) is 0.272. The number of fused-ring (bicyclic) bond motifs is 2. The van der Waals surface area contributed by atoms with Crippen LogP contribution in [0.1, 0.15) is 31.1 Å². The van der Waals surface area contributed by atoms with Crippen LogP contribution < -0.4 is 19.6 Å². The minimum absolute atomic E-state index is 0.215. The highest BCUT2D eigenvalue weighted by Crippen LogP contribution is 2.32. The molecule has 0 saturated carbocycles. The standard InChI is InChI=1S/C33H27N3O4S/c1-4-40-32(38)29-20(2)34-33-36(30(29)22-14-16-24(39-3)17-15-22)31(37)28(41-33)19-23-18-26(21-10-6-5-7-11-21)25-12-8-9-13-27(25)35-23/h5-19,30H,4H2,1-3H3. The van der Waals surface area contributed by atoms with E-state index in [9.17, 15) is 9.59 Å². The van der Waals surface area contributed by atoms with Gasteiger partial charge in [0.2, 0.25) is 0 Å². The van der Waals surface area contributed by atoms with Crippen LogP contribution in [0, 0.1) is 0 Å². The number of hydrogen-bond donors (Lipinski definition) is 0. The number of para-hydroxylation sites is 1. The van der Waals surface area contributed by atoms with Crippen LogP contribution >= 0.6 is 11.3 Å². The lowest BCUT2D eigenvalue weighted by atomic mass is 9.96. The number of esters is 1. The largest absolute Gasteiger partial charge is 0.497 e. The first-order valence-electron chi connectivity index (χ1n) is 13.3. The van der Waals surface area contributed by atoms with E-state index in [1.165, 1.54) is 11.3 Å². The van der Waals surface area contributed by atoms with Crippen molar-refractivity contribution >= 4 is 34.3 Å². The molecule has 0 N–H and O–H groups in total. The van der Waals surface area contributed by atoms with Crippen LogP contribution in [0.15, 0.2) is 106 Å². The Balaban J connectivity index is 1.55. The lowest BCUT2D eigenvalue weighted by molar-refractivity contribution is -0.139. The fourth-order valence-electron chi connectivity index (χ4n) is 5.15. The van der Waals surface area contributed by atoms with Crippen LogP contribution in [-0.2, 0) is 9.53 Å². The van der Waals surface area contributed by atoms with Gasteiger partial charge in [-0.25, -0.2) is 14.8 Å². The molecular weight excluding hydrogens is 534 g/mol. The van der Waals surface area contributed by atoms with Crippen LogP contribution in [0.4, 0.5) is 0 Å². The second kappa shape index (κ2) is 11.0. The van der Waals surface area contributed by atoms with Crippen molar-refractivity contribution in [1.29, 1.82) is 0 Å². The average Bonchev–Trinajstić information content (AvgIpc) is 3.30. The highest BCUT2D eigenvalue weighted by Gasteiger charge is 2.33. The summed E-state index contributed by atoms with van der Waals surface area (Å²) >= 11 is 1.28. The topological polar surface area (TPSA) is 82.8 Å². The van der Waals surface area contributed by atoms with Crippen molar-refractivity contribution in [3.63, 3.8) is 0 Å². The Labute approximate surface area is 240 Å². The summed E-state index contributed by atoms with van der Waals surface area (Å²) in [5.41, 5.74) is 4.97. The predicted octanol–water partition coefficient (Wildman–Crippen LogP) is 5.02. The average molecular weight is 562 g/mol. The second-order valence-electron chi connectivity index (χ2n) is 9.55. The minimum atomic E-state index is -0.692. The van der Waals surface area contributed by atoms with E-state index in [1.807, 2.05) is 66.7 Å². The van der Waals surface area contributed by atoms with Gasteiger partial charge >= 0.3 is 5.97 Å². The number of pyridine rings is 1. The number of methoxy groups -OCH3 is 1. The number of ether oxygens (including phenoxy) is 2. The van der Waals surface area contributed by atoms with Gasteiger partial charge in [-0.2, -0.15) is 0 Å². The number of carbonyl (C=O) groups is 1. The van der Waals surface area contributed by atoms with Crippen molar-refractivity contribution in [2.24, 2.45) is 4.99 Å². The van der Waals surface area contributed by atoms with Crippen LogP contribution in [0.3, 0.4) is 0 Å². The number of thiazole rings is 1. The summed E-state index contributed by atoms with van der Waals surface area (Å²) in [4.78, 5) is 37.2. The molecule has 0 saturated heterocycles. The number of allylic oxidation sites excluding steroid dienone is 1. The van der Waals surface area contributed by atoms with E-state index in [0.717, 1.165) is 27.6 Å². The Bertz CT molecular complexity index is 1990. The zero-order chi connectivity index (χ0) is 28.5. The van der Waals surface area contributed by atoms with Gasteiger partial charge in [0.1, 0.15) is 5.75 Å². The second-order valence-corrected chi connectivity index (χ2v) is 10.6. The van der Waals surface area contributed by atoms with Crippen molar-refractivity contribution in [3.05, 3.63) is 127 Å². The van der Waals surface area contributed by atoms with Crippen LogP contribution in [0.5, 0.6) is 5.75 Å². The Morgan fingerprint density at radius 2 is 1.76 bits per heavy atom. The normalized spacial score (nSPS) is 15.0. The summed E-state index contributed by atoms with van der Waals surface area (Å²) in [6, 6.07) is 26.8. The molecule has 6 rings (SSSR count). The molecule has 1 unspecified atom stereocenters. The highest BCUT2D eigenvalue weighted by molar-refractivity contribution is 7.07. The SMILES string of the molecule is CCOC(=O)C1=C(C)N=c2sc(=Cc3cc(-c4ccccc4)c4ccccc4n3)c(=O)n2C1c1ccc(OC)cc1. The first-order chi connectivity index (χ1) is 20.0. The van der Waals surface area contributed by atoms with E-state index in [-0.39, 0.29) is 12.2 Å². The summed E-state index contributed by atoms with van der Waals surface area (Å²) in [5.74, 6) is 0.184. The van der Waals surface area contributed by atoms with Gasteiger partial charge in [0.25, 0.3) is 5.56 Å². The highest BCUT2D eigenvalue weighted by atomic mass is 32.1. The zero-order valence-electron chi connectivity index (χ0n) is 22.8. The molecule has 0 bridgehead atoms. The zero-order valence-corrected chi connectivity index (χ0v) is 23.6. The van der Waals surface area contributed by atoms with Gasteiger partial charge in [0.05, 0.1) is 46.8 Å². The van der Waals surface area contributed by atoms with Gasteiger partial charge in [0, 0.05) is 5.39 Å². The van der Waals surface area contributed by atoms with Gasteiger partial charge in [-0.3, -0.25) is 9.36 Å². The molecule has 3 aromatic carbocycles. The molecular formula is C33H27N3O4S. The van der Waals surface area contributed by atoms with Gasteiger partial charge in [0.15, 0.2) is 4.80 Å².